The van der Waals surface area contributed by atoms with Gasteiger partial charge >= 0.3 is 0 Å². The van der Waals surface area contributed by atoms with Crippen LogP contribution in [0.1, 0.15) is 57.1 Å². The molecule has 1 amide bonds. The van der Waals surface area contributed by atoms with Crippen LogP contribution in [0.5, 0.6) is 0 Å². The quantitative estimate of drug-likeness (QED) is 0.684. The highest BCUT2D eigenvalue weighted by Gasteiger charge is 2.40. The van der Waals surface area contributed by atoms with E-state index in [0.717, 1.165) is 32.5 Å². The predicted octanol–water partition coefficient (Wildman–Crippen LogP) is 4.14. The van der Waals surface area contributed by atoms with Crippen molar-refractivity contribution in [3.63, 3.8) is 0 Å². The van der Waals surface area contributed by atoms with Gasteiger partial charge in [0.2, 0.25) is 5.91 Å². The number of benzene rings is 1. The third-order valence-electron chi connectivity index (χ3n) is 6.54. The van der Waals surface area contributed by atoms with E-state index < -0.39 is 0 Å². The molecule has 1 aromatic rings. The zero-order valence-corrected chi connectivity index (χ0v) is 18.9. The molecule has 160 valence electrons. The van der Waals surface area contributed by atoms with Crippen LogP contribution in [0.2, 0.25) is 0 Å². The Bertz CT molecular complexity index is 595. The largest absolute Gasteiger partial charge is 0.352 e. The number of rotatable bonds is 7. The van der Waals surface area contributed by atoms with Gasteiger partial charge in [-0.1, -0.05) is 44.5 Å². The van der Waals surface area contributed by atoms with Gasteiger partial charge in [-0.2, -0.15) is 0 Å². The summed E-state index contributed by atoms with van der Waals surface area (Å²) in [7, 11) is 0. The molecular formula is C22H37Cl2N3O. The first-order valence-corrected chi connectivity index (χ1v) is 10.4. The van der Waals surface area contributed by atoms with Crippen LogP contribution in [0.15, 0.2) is 24.3 Å². The fourth-order valence-electron chi connectivity index (χ4n) is 4.88. The number of fused-ring (bicyclic) bond motifs is 2. The fourth-order valence-corrected chi connectivity index (χ4v) is 4.88. The predicted molar refractivity (Wildman–Crippen MR) is 121 cm³/mol. The van der Waals surface area contributed by atoms with Gasteiger partial charge in [0.05, 0.1) is 0 Å². The van der Waals surface area contributed by atoms with E-state index in [1.54, 1.807) is 0 Å². The highest BCUT2D eigenvalue weighted by Crippen LogP contribution is 2.41. The van der Waals surface area contributed by atoms with Gasteiger partial charge < -0.3 is 11.1 Å². The summed E-state index contributed by atoms with van der Waals surface area (Å²) in [6.45, 7) is 8.10. The van der Waals surface area contributed by atoms with E-state index in [1.165, 1.54) is 30.4 Å². The second-order valence-corrected chi connectivity index (χ2v) is 8.20. The van der Waals surface area contributed by atoms with Crippen molar-refractivity contribution in [1.82, 2.24) is 10.2 Å². The van der Waals surface area contributed by atoms with Crippen LogP contribution in [0.25, 0.3) is 0 Å². The standard InChI is InChI=1S/C22H35N3O.2ClH/c1-3-25(4-2)15-17-8-5-7-16(11-17)14-24-22(26)20-12-18-9-6-10-19(13-20)21(18)23;;/h5,7-8,11,18-21H,3-4,6,9-10,12-15,23H2,1-2H3,(H,24,26);2*1H. The molecule has 2 unspecified atom stereocenters. The topological polar surface area (TPSA) is 58.4 Å². The molecular weight excluding hydrogens is 393 g/mol. The second-order valence-electron chi connectivity index (χ2n) is 8.20. The minimum absolute atomic E-state index is 0. The highest BCUT2D eigenvalue weighted by molar-refractivity contribution is 5.85. The summed E-state index contributed by atoms with van der Waals surface area (Å²) in [6.07, 6.45) is 5.65. The number of nitrogens with one attached hydrogen (secondary N) is 1. The Kier molecular flexibility index (Phi) is 10.8. The number of nitrogens with zero attached hydrogens (tertiary/aromatic N) is 1. The van der Waals surface area contributed by atoms with Crippen LogP contribution >= 0.6 is 24.8 Å². The molecule has 2 bridgehead atoms. The lowest BCUT2D eigenvalue weighted by Crippen LogP contribution is -2.49. The van der Waals surface area contributed by atoms with Crippen molar-refractivity contribution in [1.29, 1.82) is 0 Å². The Labute approximate surface area is 182 Å². The molecule has 0 saturated heterocycles. The fraction of sp³-hybridized carbons (Fsp3) is 0.682. The minimum atomic E-state index is 0. The molecule has 0 aliphatic heterocycles. The summed E-state index contributed by atoms with van der Waals surface area (Å²) < 4.78 is 0. The van der Waals surface area contributed by atoms with Gasteiger partial charge in [-0.25, -0.2) is 0 Å². The Morgan fingerprint density at radius 3 is 2.32 bits per heavy atom. The lowest BCUT2D eigenvalue weighted by molar-refractivity contribution is -0.128. The number of nitrogens with two attached hydrogens (primary N) is 1. The van der Waals surface area contributed by atoms with Crippen LogP contribution in [0.4, 0.5) is 0 Å². The summed E-state index contributed by atoms with van der Waals surface area (Å²) in [6, 6.07) is 8.93. The smallest absolute Gasteiger partial charge is 0.223 e. The van der Waals surface area contributed by atoms with Gasteiger partial charge in [-0.15, -0.1) is 24.8 Å². The third-order valence-corrected chi connectivity index (χ3v) is 6.54. The Morgan fingerprint density at radius 2 is 1.71 bits per heavy atom. The van der Waals surface area contributed by atoms with E-state index >= 15 is 0 Å². The van der Waals surface area contributed by atoms with Crippen molar-refractivity contribution < 1.29 is 4.79 Å². The highest BCUT2D eigenvalue weighted by atomic mass is 35.5. The average molecular weight is 430 g/mol. The summed E-state index contributed by atoms with van der Waals surface area (Å²) in [5.41, 5.74) is 8.86. The van der Waals surface area contributed by atoms with E-state index in [4.69, 9.17) is 5.73 Å². The van der Waals surface area contributed by atoms with Crippen molar-refractivity contribution in [2.24, 2.45) is 23.5 Å². The molecule has 3 rings (SSSR count). The molecule has 0 spiro atoms. The number of hydrogen-bond donors (Lipinski definition) is 2. The zero-order chi connectivity index (χ0) is 18.5. The average Bonchev–Trinajstić information content (AvgIpc) is 2.64. The van der Waals surface area contributed by atoms with Gasteiger partial charge in [0, 0.05) is 25.0 Å². The first-order chi connectivity index (χ1) is 12.6. The molecule has 2 aliphatic carbocycles. The van der Waals surface area contributed by atoms with Gasteiger partial charge in [0.15, 0.2) is 0 Å². The molecule has 0 aromatic heterocycles. The molecule has 2 saturated carbocycles. The zero-order valence-electron chi connectivity index (χ0n) is 17.2. The molecule has 1 aromatic carbocycles. The lowest BCUT2D eigenvalue weighted by Gasteiger charge is -2.43. The van der Waals surface area contributed by atoms with Crippen molar-refractivity contribution in [3.05, 3.63) is 35.4 Å². The third kappa shape index (κ3) is 6.35. The monoisotopic (exact) mass is 429 g/mol. The van der Waals surface area contributed by atoms with Crippen LogP contribution < -0.4 is 11.1 Å². The van der Waals surface area contributed by atoms with Crippen LogP contribution in [-0.4, -0.2) is 29.9 Å². The molecule has 2 aliphatic rings. The molecule has 2 fully saturated rings. The maximum atomic E-state index is 12.7. The van der Waals surface area contributed by atoms with Crippen LogP contribution in [0.3, 0.4) is 0 Å². The molecule has 0 heterocycles. The molecule has 2 atom stereocenters. The summed E-state index contributed by atoms with van der Waals surface area (Å²) in [5, 5.41) is 3.19. The Balaban J connectivity index is 0.00000196. The van der Waals surface area contributed by atoms with E-state index in [-0.39, 0.29) is 36.6 Å². The van der Waals surface area contributed by atoms with Gasteiger partial charge in [0.25, 0.3) is 0 Å². The summed E-state index contributed by atoms with van der Waals surface area (Å²) in [4.78, 5) is 15.1. The van der Waals surface area contributed by atoms with E-state index in [1.807, 2.05) is 0 Å². The number of hydrogen-bond acceptors (Lipinski definition) is 3. The Morgan fingerprint density at radius 1 is 1.11 bits per heavy atom. The normalized spacial score (nSPS) is 26.1. The molecule has 6 heteroatoms. The number of carbonyl (C=O) groups is 1. The van der Waals surface area contributed by atoms with Gasteiger partial charge in [-0.05, 0) is 61.7 Å². The molecule has 28 heavy (non-hydrogen) atoms. The van der Waals surface area contributed by atoms with Crippen molar-refractivity contribution in [2.75, 3.05) is 13.1 Å². The van der Waals surface area contributed by atoms with Crippen LogP contribution in [-0.2, 0) is 17.9 Å². The van der Waals surface area contributed by atoms with Crippen molar-refractivity contribution in [3.8, 4) is 0 Å². The molecule has 0 radical (unpaired) electrons. The van der Waals surface area contributed by atoms with E-state index in [0.29, 0.717) is 24.4 Å². The minimum Gasteiger partial charge on any atom is -0.352 e. The second kappa shape index (κ2) is 12.0. The number of halogens is 2. The number of amides is 1. The Hall–Kier alpha value is -0.810. The summed E-state index contributed by atoms with van der Waals surface area (Å²) in [5.74, 6) is 1.48. The van der Waals surface area contributed by atoms with Crippen molar-refractivity contribution in [2.45, 2.75) is 65.1 Å². The lowest BCUT2D eigenvalue weighted by atomic mass is 9.65. The summed E-state index contributed by atoms with van der Waals surface area (Å²) >= 11 is 0. The van der Waals surface area contributed by atoms with Gasteiger partial charge in [-0.3, -0.25) is 9.69 Å². The molecule has 4 nitrogen and oxygen atoms in total. The molecule has 3 N–H and O–H groups in total. The van der Waals surface area contributed by atoms with E-state index in [9.17, 15) is 4.79 Å². The maximum absolute atomic E-state index is 12.7. The van der Waals surface area contributed by atoms with Crippen LogP contribution in [0, 0.1) is 17.8 Å². The first-order valence-electron chi connectivity index (χ1n) is 10.4. The van der Waals surface area contributed by atoms with Gasteiger partial charge in [0.1, 0.15) is 0 Å². The SMILES string of the molecule is CCN(CC)Cc1cccc(CNC(=O)C2CC3CCCC(C2)C3N)c1.Cl.Cl. The van der Waals surface area contributed by atoms with Crippen molar-refractivity contribution >= 4 is 30.7 Å². The maximum Gasteiger partial charge on any atom is 0.223 e. The van der Waals surface area contributed by atoms with E-state index in [2.05, 4.69) is 48.3 Å². The number of carbonyl (C=O) groups excluding carboxylic acids is 1. The first kappa shape index (κ1) is 25.2.